The first-order chi connectivity index (χ1) is 8.19. The number of rotatable bonds is 3. The van der Waals surface area contributed by atoms with Crippen LogP contribution in [0.15, 0.2) is 42.5 Å². The summed E-state index contributed by atoms with van der Waals surface area (Å²) in [7, 11) is 0. The Morgan fingerprint density at radius 1 is 1.11 bits per heavy atom. The molecule has 0 spiro atoms. The van der Waals surface area contributed by atoms with Crippen molar-refractivity contribution < 1.29 is 9.13 Å². The van der Waals surface area contributed by atoms with Crippen molar-refractivity contribution in [3.8, 4) is 11.5 Å². The molecule has 0 saturated heterocycles. The van der Waals surface area contributed by atoms with E-state index in [0.717, 1.165) is 16.9 Å². The van der Waals surface area contributed by atoms with E-state index in [-0.39, 0.29) is 18.2 Å². The third kappa shape index (κ3) is 3.45. The zero-order chi connectivity index (χ0) is 12.3. The molecule has 4 heteroatoms. The van der Waals surface area contributed by atoms with E-state index >= 15 is 0 Å². The molecule has 2 aromatic rings. The van der Waals surface area contributed by atoms with Crippen LogP contribution in [0.25, 0.3) is 0 Å². The number of benzene rings is 2. The van der Waals surface area contributed by atoms with Crippen LogP contribution in [0, 0.1) is 12.7 Å². The van der Waals surface area contributed by atoms with Crippen LogP contribution < -0.4 is 10.5 Å². The fourth-order valence-corrected chi connectivity index (χ4v) is 1.58. The zero-order valence-corrected chi connectivity index (χ0v) is 10.8. The normalized spacial score (nSPS) is 9.72. The van der Waals surface area contributed by atoms with Crippen LogP contribution in [0.3, 0.4) is 0 Å². The molecule has 0 aliphatic carbocycles. The molecule has 18 heavy (non-hydrogen) atoms. The monoisotopic (exact) mass is 267 g/mol. The van der Waals surface area contributed by atoms with Crippen molar-refractivity contribution in [3.05, 3.63) is 59.4 Å². The van der Waals surface area contributed by atoms with Crippen LogP contribution >= 0.6 is 12.4 Å². The average molecular weight is 268 g/mol. The van der Waals surface area contributed by atoms with Crippen LogP contribution in [0.4, 0.5) is 4.39 Å². The van der Waals surface area contributed by atoms with Crippen molar-refractivity contribution in [3.63, 3.8) is 0 Å². The second-order valence-electron chi connectivity index (χ2n) is 3.86. The minimum Gasteiger partial charge on any atom is -0.457 e. The standard InChI is InChI=1S/C14H14FNO.ClH/c1-10-8-11(9-16)2-7-14(10)17-13-5-3-12(15)4-6-13;/h2-8H,9,16H2,1H3;1H. The Morgan fingerprint density at radius 3 is 2.33 bits per heavy atom. The molecule has 0 atom stereocenters. The molecule has 96 valence electrons. The minimum absolute atomic E-state index is 0. The topological polar surface area (TPSA) is 35.2 Å². The molecule has 2 N–H and O–H groups in total. The van der Waals surface area contributed by atoms with Crippen molar-refractivity contribution in [2.75, 3.05) is 0 Å². The highest BCUT2D eigenvalue weighted by molar-refractivity contribution is 5.85. The van der Waals surface area contributed by atoms with Crippen molar-refractivity contribution in [1.29, 1.82) is 0 Å². The Hall–Kier alpha value is -1.58. The van der Waals surface area contributed by atoms with Gasteiger partial charge in [-0.3, -0.25) is 0 Å². The van der Waals surface area contributed by atoms with Gasteiger partial charge in [0.2, 0.25) is 0 Å². The predicted molar refractivity (Wildman–Crippen MR) is 72.8 cm³/mol. The predicted octanol–water partition coefficient (Wildman–Crippen LogP) is 3.81. The second-order valence-corrected chi connectivity index (χ2v) is 3.86. The summed E-state index contributed by atoms with van der Waals surface area (Å²) in [6, 6.07) is 11.7. The molecule has 2 aromatic carbocycles. The van der Waals surface area contributed by atoms with Crippen LogP contribution in [0.2, 0.25) is 0 Å². The highest BCUT2D eigenvalue weighted by atomic mass is 35.5. The van der Waals surface area contributed by atoms with Gasteiger partial charge < -0.3 is 10.5 Å². The lowest BCUT2D eigenvalue weighted by molar-refractivity contribution is 0.476. The van der Waals surface area contributed by atoms with E-state index in [1.807, 2.05) is 25.1 Å². The van der Waals surface area contributed by atoms with Gasteiger partial charge >= 0.3 is 0 Å². The molecular weight excluding hydrogens is 253 g/mol. The highest BCUT2D eigenvalue weighted by Gasteiger charge is 2.02. The quantitative estimate of drug-likeness (QED) is 0.918. The Bertz CT molecular complexity index is 514. The van der Waals surface area contributed by atoms with Gasteiger partial charge in [-0.2, -0.15) is 0 Å². The third-order valence-corrected chi connectivity index (χ3v) is 2.52. The lowest BCUT2D eigenvalue weighted by Gasteiger charge is -2.09. The van der Waals surface area contributed by atoms with Gasteiger partial charge in [0.15, 0.2) is 0 Å². The van der Waals surface area contributed by atoms with Gasteiger partial charge in [-0.1, -0.05) is 12.1 Å². The third-order valence-electron chi connectivity index (χ3n) is 2.52. The molecule has 0 radical (unpaired) electrons. The summed E-state index contributed by atoms with van der Waals surface area (Å²) in [5.41, 5.74) is 7.63. The Balaban J connectivity index is 0.00000162. The summed E-state index contributed by atoms with van der Waals surface area (Å²) in [5, 5.41) is 0. The first-order valence-electron chi connectivity index (χ1n) is 5.42. The summed E-state index contributed by atoms with van der Waals surface area (Å²) >= 11 is 0. The molecule has 2 nitrogen and oxygen atoms in total. The Morgan fingerprint density at radius 2 is 1.78 bits per heavy atom. The molecule has 0 aliphatic rings. The van der Waals surface area contributed by atoms with E-state index in [1.54, 1.807) is 12.1 Å². The van der Waals surface area contributed by atoms with Gasteiger partial charge in [0.25, 0.3) is 0 Å². The Labute approximate surface area is 112 Å². The van der Waals surface area contributed by atoms with Crippen molar-refractivity contribution >= 4 is 12.4 Å². The van der Waals surface area contributed by atoms with Gasteiger partial charge in [0, 0.05) is 6.54 Å². The number of nitrogens with two attached hydrogens (primary N) is 1. The van der Waals surface area contributed by atoms with E-state index < -0.39 is 0 Å². The van der Waals surface area contributed by atoms with Crippen LogP contribution in [-0.2, 0) is 6.54 Å². The van der Waals surface area contributed by atoms with Crippen LogP contribution in [0.5, 0.6) is 11.5 Å². The number of halogens is 2. The van der Waals surface area contributed by atoms with Crippen LogP contribution in [0.1, 0.15) is 11.1 Å². The van der Waals surface area contributed by atoms with E-state index in [4.69, 9.17) is 10.5 Å². The summed E-state index contributed by atoms with van der Waals surface area (Å²) in [6.45, 7) is 2.47. The summed E-state index contributed by atoms with van der Waals surface area (Å²) < 4.78 is 18.4. The number of ether oxygens (including phenoxy) is 1. The highest BCUT2D eigenvalue weighted by Crippen LogP contribution is 2.25. The fourth-order valence-electron chi connectivity index (χ4n) is 1.58. The average Bonchev–Trinajstić information content (AvgIpc) is 2.34. The minimum atomic E-state index is -0.271. The Kier molecular flexibility index (Phi) is 5.13. The fraction of sp³-hybridized carbons (Fsp3) is 0.143. The van der Waals surface area contributed by atoms with E-state index in [2.05, 4.69) is 0 Å². The van der Waals surface area contributed by atoms with E-state index in [1.165, 1.54) is 12.1 Å². The summed E-state index contributed by atoms with van der Waals surface area (Å²) in [4.78, 5) is 0. The van der Waals surface area contributed by atoms with E-state index in [0.29, 0.717) is 12.3 Å². The zero-order valence-electron chi connectivity index (χ0n) is 10.0. The van der Waals surface area contributed by atoms with Gasteiger partial charge in [-0.05, 0) is 48.4 Å². The molecule has 0 saturated carbocycles. The van der Waals surface area contributed by atoms with E-state index in [9.17, 15) is 4.39 Å². The van der Waals surface area contributed by atoms with Gasteiger partial charge in [-0.25, -0.2) is 4.39 Å². The lowest BCUT2D eigenvalue weighted by Crippen LogP contribution is -1.97. The maximum absolute atomic E-state index is 12.7. The smallest absolute Gasteiger partial charge is 0.130 e. The molecule has 0 bridgehead atoms. The molecule has 0 fully saturated rings. The van der Waals surface area contributed by atoms with Crippen molar-refractivity contribution in [1.82, 2.24) is 0 Å². The lowest BCUT2D eigenvalue weighted by atomic mass is 10.1. The van der Waals surface area contributed by atoms with Crippen LogP contribution in [-0.4, -0.2) is 0 Å². The van der Waals surface area contributed by atoms with Gasteiger partial charge in [-0.15, -0.1) is 12.4 Å². The summed E-state index contributed by atoms with van der Waals surface area (Å²) in [6.07, 6.45) is 0. The van der Waals surface area contributed by atoms with Crippen molar-refractivity contribution in [2.45, 2.75) is 13.5 Å². The SMILES string of the molecule is Cc1cc(CN)ccc1Oc1ccc(F)cc1.Cl. The second kappa shape index (κ2) is 6.38. The molecule has 0 heterocycles. The summed E-state index contributed by atoms with van der Waals surface area (Å²) in [5.74, 6) is 1.11. The molecule has 0 unspecified atom stereocenters. The van der Waals surface area contributed by atoms with Crippen molar-refractivity contribution in [2.24, 2.45) is 5.73 Å². The molecule has 0 aromatic heterocycles. The molecule has 0 amide bonds. The first kappa shape index (κ1) is 14.5. The van der Waals surface area contributed by atoms with Gasteiger partial charge in [0.05, 0.1) is 0 Å². The number of aryl methyl sites for hydroxylation is 1. The first-order valence-corrected chi connectivity index (χ1v) is 5.42. The molecule has 2 rings (SSSR count). The number of hydrogen-bond donors (Lipinski definition) is 1. The molecular formula is C14H15ClFNO. The number of hydrogen-bond acceptors (Lipinski definition) is 2. The largest absolute Gasteiger partial charge is 0.457 e. The maximum atomic E-state index is 12.7. The maximum Gasteiger partial charge on any atom is 0.130 e. The molecule has 0 aliphatic heterocycles. The van der Waals surface area contributed by atoms with Gasteiger partial charge in [0.1, 0.15) is 17.3 Å².